The molecule has 0 aliphatic carbocycles. The molecule has 17 heavy (non-hydrogen) atoms. The van der Waals surface area contributed by atoms with Gasteiger partial charge in [0, 0.05) is 10.4 Å². The minimum absolute atomic E-state index is 0.153. The number of thiophene rings is 1. The first-order chi connectivity index (χ1) is 8.15. The molecular formula is C13H13ClFNS. The van der Waals surface area contributed by atoms with Crippen molar-refractivity contribution in [2.75, 3.05) is 7.05 Å². The molecule has 1 heterocycles. The van der Waals surface area contributed by atoms with Gasteiger partial charge in [-0.15, -0.1) is 11.3 Å². The van der Waals surface area contributed by atoms with Crippen molar-refractivity contribution in [2.24, 2.45) is 0 Å². The van der Waals surface area contributed by atoms with E-state index in [9.17, 15) is 4.39 Å². The Kier molecular flexibility index (Phi) is 3.82. The fraction of sp³-hybridized carbons (Fsp3) is 0.231. The summed E-state index contributed by atoms with van der Waals surface area (Å²) < 4.78 is 14.0. The first-order valence-corrected chi connectivity index (χ1v) is 6.56. The van der Waals surface area contributed by atoms with Gasteiger partial charge in [-0.2, -0.15) is 0 Å². The van der Waals surface area contributed by atoms with E-state index in [0.717, 1.165) is 5.56 Å². The van der Waals surface area contributed by atoms with Gasteiger partial charge in [0.25, 0.3) is 0 Å². The molecular weight excluding hydrogens is 257 g/mol. The Balaban J connectivity index is 2.50. The predicted molar refractivity (Wildman–Crippen MR) is 71.4 cm³/mol. The number of hydrogen-bond acceptors (Lipinski definition) is 2. The Hall–Kier alpha value is -0.900. The van der Waals surface area contributed by atoms with Gasteiger partial charge in [0.2, 0.25) is 0 Å². The molecule has 0 fully saturated rings. The number of benzene rings is 1. The number of halogens is 2. The number of hydrogen-bond donors (Lipinski definition) is 1. The van der Waals surface area contributed by atoms with Crippen molar-refractivity contribution in [1.29, 1.82) is 0 Å². The first kappa shape index (κ1) is 12.6. The predicted octanol–water partition coefficient (Wildman–Crippen LogP) is 4.16. The van der Waals surface area contributed by atoms with Crippen LogP contribution in [0.2, 0.25) is 5.02 Å². The highest BCUT2D eigenvalue weighted by atomic mass is 35.5. The maximum atomic E-state index is 14.0. The van der Waals surface area contributed by atoms with Crippen molar-refractivity contribution in [1.82, 2.24) is 5.32 Å². The fourth-order valence-electron chi connectivity index (χ4n) is 1.92. The number of nitrogens with one attached hydrogen (secondary N) is 1. The average Bonchev–Trinajstić information content (AvgIpc) is 2.72. The topological polar surface area (TPSA) is 12.0 Å². The van der Waals surface area contributed by atoms with Gasteiger partial charge in [-0.1, -0.05) is 23.7 Å². The lowest BCUT2D eigenvalue weighted by atomic mass is 9.99. The van der Waals surface area contributed by atoms with Gasteiger partial charge in [0.1, 0.15) is 5.82 Å². The summed E-state index contributed by atoms with van der Waals surface area (Å²) in [7, 11) is 1.82. The standard InChI is InChI=1S/C13H13ClFNS/c1-8-9(6-7-17-8)13(16-2)10-4-3-5-11(14)12(10)15/h3-7,13,16H,1-2H3. The van der Waals surface area contributed by atoms with Crippen LogP contribution in [0.3, 0.4) is 0 Å². The second kappa shape index (κ2) is 5.17. The second-order valence-corrected chi connectivity index (χ2v) is 5.32. The summed E-state index contributed by atoms with van der Waals surface area (Å²) >= 11 is 7.47. The monoisotopic (exact) mass is 269 g/mol. The lowest BCUT2D eigenvalue weighted by Crippen LogP contribution is -2.19. The first-order valence-electron chi connectivity index (χ1n) is 5.30. The smallest absolute Gasteiger partial charge is 0.146 e. The summed E-state index contributed by atoms with van der Waals surface area (Å²) in [5, 5.41) is 5.31. The molecule has 2 aromatic rings. The summed E-state index contributed by atoms with van der Waals surface area (Å²) in [6.07, 6.45) is 0. The summed E-state index contributed by atoms with van der Waals surface area (Å²) in [5.41, 5.74) is 1.68. The maximum absolute atomic E-state index is 14.0. The lowest BCUT2D eigenvalue weighted by molar-refractivity contribution is 0.576. The van der Waals surface area contributed by atoms with Gasteiger partial charge in [-0.05, 0) is 37.0 Å². The molecule has 0 aliphatic rings. The molecule has 1 unspecified atom stereocenters. The van der Waals surface area contributed by atoms with Crippen LogP contribution in [0, 0.1) is 12.7 Å². The molecule has 0 saturated heterocycles. The Morgan fingerprint density at radius 1 is 1.29 bits per heavy atom. The zero-order chi connectivity index (χ0) is 12.4. The zero-order valence-corrected chi connectivity index (χ0v) is 11.2. The van der Waals surface area contributed by atoms with Gasteiger partial charge in [-0.25, -0.2) is 4.39 Å². The number of rotatable bonds is 3. The molecule has 0 bridgehead atoms. The molecule has 0 radical (unpaired) electrons. The van der Waals surface area contributed by atoms with E-state index in [1.165, 1.54) is 4.88 Å². The van der Waals surface area contributed by atoms with E-state index in [2.05, 4.69) is 5.32 Å². The van der Waals surface area contributed by atoms with Crippen molar-refractivity contribution in [3.05, 3.63) is 56.5 Å². The zero-order valence-electron chi connectivity index (χ0n) is 9.63. The van der Waals surface area contributed by atoms with E-state index in [0.29, 0.717) is 5.56 Å². The van der Waals surface area contributed by atoms with Crippen molar-refractivity contribution < 1.29 is 4.39 Å². The highest BCUT2D eigenvalue weighted by molar-refractivity contribution is 7.10. The molecule has 0 spiro atoms. The summed E-state index contributed by atoms with van der Waals surface area (Å²) in [6, 6.07) is 6.96. The molecule has 2 rings (SSSR count). The third kappa shape index (κ3) is 2.37. The normalized spacial score (nSPS) is 12.7. The fourth-order valence-corrected chi connectivity index (χ4v) is 2.84. The van der Waals surface area contributed by atoms with Gasteiger partial charge < -0.3 is 5.32 Å². The van der Waals surface area contributed by atoms with E-state index in [4.69, 9.17) is 11.6 Å². The molecule has 1 aromatic carbocycles. The third-order valence-electron chi connectivity index (χ3n) is 2.79. The van der Waals surface area contributed by atoms with Gasteiger partial charge >= 0.3 is 0 Å². The number of aryl methyl sites for hydroxylation is 1. The quantitative estimate of drug-likeness (QED) is 0.882. The highest BCUT2D eigenvalue weighted by Crippen LogP contribution is 2.31. The van der Waals surface area contributed by atoms with E-state index in [1.54, 1.807) is 29.5 Å². The molecule has 0 amide bonds. The van der Waals surface area contributed by atoms with Crippen LogP contribution in [0.5, 0.6) is 0 Å². The van der Waals surface area contributed by atoms with E-state index in [-0.39, 0.29) is 16.9 Å². The SMILES string of the molecule is CNC(c1ccsc1C)c1cccc(Cl)c1F. The van der Waals surface area contributed by atoms with Crippen molar-refractivity contribution >= 4 is 22.9 Å². The molecule has 90 valence electrons. The van der Waals surface area contributed by atoms with Crippen LogP contribution >= 0.6 is 22.9 Å². The van der Waals surface area contributed by atoms with Crippen molar-refractivity contribution in [3.8, 4) is 0 Å². The van der Waals surface area contributed by atoms with Gasteiger partial charge in [0.15, 0.2) is 0 Å². The molecule has 0 aliphatic heterocycles. The highest BCUT2D eigenvalue weighted by Gasteiger charge is 2.19. The third-order valence-corrected chi connectivity index (χ3v) is 3.94. The van der Waals surface area contributed by atoms with Crippen molar-refractivity contribution in [3.63, 3.8) is 0 Å². The Morgan fingerprint density at radius 3 is 2.65 bits per heavy atom. The van der Waals surface area contributed by atoms with Gasteiger partial charge in [0.05, 0.1) is 11.1 Å². The van der Waals surface area contributed by atoms with E-state index in [1.807, 2.05) is 25.4 Å². The minimum atomic E-state index is -0.348. The largest absolute Gasteiger partial charge is 0.309 e. The maximum Gasteiger partial charge on any atom is 0.146 e. The lowest BCUT2D eigenvalue weighted by Gasteiger charge is -2.18. The van der Waals surface area contributed by atoms with Gasteiger partial charge in [-0.3, -0.25) is 0 Å². The second-order valence-electron chi connectivity index (χ2n) is 3.80. The average molecular weight is 270 g/mol. The van der Waals surface area contributed by atoms with Crippen LogP contribution in [0.15, 0.2) is 29.6 Å². The van der Waals surface area contributed by atoms with Crippen LogP contribution in [-0.2, 0) is 0 Å². The van der Waals surface area contributed by atoms with E-state index >= 15 is 0 Å². The van der Waals surface area contributed by atoms with Crippen LogP contribution in [0.4, 0.5) is 4.39 Å². The summed E-state index contributed by atoms with van der Waals surface area (Å²) in [6.45, 7) is 2.03. The van der Waals surface area contributed by atoms with E-state index < -0.39 is 0 Å². The van der Waals surface area contributed by atoms with Crippen molar-refractivity contribution in [2.45, 2.75) is 13.0 Å². The Bertz CT molecular complexity index is 524. The molecule has 1 N–H and O–H groups in total. The minimum Gasteiger partial charge on any atom is -0.309 e. The Morgan fingerprint density at radius 2 is 2.06 bits per heavy atom. The molecule has 1 atom stereocenters. The van der Waals surface area contributed by atoms with Crippen LogP contribution in [0.1, 0.15) is 22.0 Å². The molecule has 0 saturated carbocycles. The summed E-state index contributed by atoms with van der Waals surface area (Å²) in [4.78, 5) is 1.18. The molecule has 1 aromatic heterocycles. The molecule has 4 heteroatoms. The Labute approximate surface area is 109 Å². The van der Waals surface area contributed by atoms with Crippen LogP contribution < -0.4 is 5.32 Å². The van der Waals surface area contributed by atoms with Crippen LogP contribution in [0.25, 0.3) is 0 Å². The van der Waals surface area contributed by atoms with Crippen LogP contribution in [-0.4, -0.2) is 7.05 Å². The summed E-state index contributed by atoms with van der Waals surface area (Å²) in [5.74, 6) is -0.348. The molecule has 1 nitrogen and oxygen atoms in total.